The molecule has 1 aromatic heterocycles. The third-order valence-corrected chi connectivity index (χ3v) is 7.21. The Hall–Kier alpha value is -2.88. The Balaban J connectivity index is 1.58. The van der Waals surface area contributed by atoms with E-state index in [9.17, 15) is 22.6 Å². The average molecular weight is 492 g/mol. The van der Waals surface area contributed by atoms with Crippen LogP contribution in [-0.2, 0) is 14.9 Å². The molecule has 0 bridgehead atoms. The Morgan fingerprint density at radius 1 is 1.21 bits per heavy atom. The lowest BCUT2D eigenvalue weighted by molar-refractivity contribution is -0.138. The zero-order valence-electron chi connectivity index (χ0n) is 17.7. The lowest BCUT2D eigenvalue weighted by Crippen LogP contribution is -2.49. The van der Waals surface area contributed by atoms with Crippen LogP contribution in [0.3, 0.4) is 0 Å². The van der Waals surface area contributed by atoms with Gasteiger partial charge in [-0.3, -0.25) is 9.35 Å². The number of benzene rings is 2. The van der Waals surface area contributed by atoms with Gasteiger partial charge in [0.1, 0.15) is 16.6 Å². The number of hydrogen-bond donors (Lipinski definition) is 1. The summed E-state index contributed by atoms with van der Waals surface area (Å²) in [6, 6.07) is 13.4. The highest BCUT2D eigenvalue weighted by molar-refractivity contribution is 7.86. The first kappa shape index (κ1) is 23.3. The minimum Gasteiger partial charge on any atom is -0.481 e. The monoisotopic (exact) mass is 491 g/mol. The van der Waals surface area contributed by atoms with Crippen molar-refractivity contribution in [2.75, 3.05) is 13.1 Å². The fourth-order valence-corrected chi connectivity index (χ4v) is 5.08. The summed E-state index contributed by atoms with van der Waals surface area (Å²) in [4.78, 5) is 26.4. The van der Waals surface area contributed by atoms with Gasteiger partial charge in [0.2, 0.25) is 0 Å². The van der Waals surface area contributed by atoms with E-state index in [1.807, 2.05) is 6.07 Å². The molecule has 3 aromatic rings. The predicted octanol–water partition coefficient (Wildman–Crippen LogP) is 3.76. The maximum atomic E-state index is 12.8. The van der Waals surface area contributed by atoms with Gasteiger partial charge < -0.3 is 14.1 Å². The van der Waals surface area contributed by atoms with Crippen molar-refractivity contribution in [1.29, 1.82) is 0 Å². The number of rotatable bonds is 5. The average Bonchev–Trinajstić information content (AvgIpc) is 2.77. The third-order valence-electron chi connectivity index (χ3n) is 5.65. The lowest BCUT2D eigenvalue weighted by Gasteiger charge is -2.32. The molecular formula is C23H22ClNO7S. The van der Waals surface area contributed by atoms with Gasteiger partial charge in [0.15, 0.2) is 6.10 Å². The SMILES string of the molecule is CC(Oc1ccc2c(-c3ccccc3Cl)cc(=O)oc2c1)C(=O)N1CCCC(S(=O)(=O)O)C1. The summed E-state index contributed by atoms with van der Waals surface area (Å²) >= 11 is 6.31. The second-order valence-electron chi connectivity index (χ2n) is 7.94. The smallest absolute Gasteiger partial charge is 0.336 e. The molecule has 1 fully saturated rings. The summed E-state index contributed by atoms with van der Waals surface area (Å²) in [5.74, 6) is -0.0825. The quantitative estimate of drug-likeness (QED) is 0.427. The van der Waals surface area contributed by atoms with Crippen LogP contribution in [0.5, 0.6) is 5.75 Å². The Bertz CT molecular complexity index is 1370. The van der Waals surface area contributed by atoms with Crippen LogP contribution < -0.4 is 10.4 Å². The number of fused-ring (bicyclic) bond motifs is 1. The first-order chi connectivity index (χ1) is 15.6. The van der Waals surface area contributed by atoms with Crippen LogP contribution in [0, 0.1) is 0 Å². The van der Waals surface area contributed by atoms with E-state index in [0.717, 1.165) is 0 Å². The number of ether oxygens (including phenoxy) is 1. The molecule has 0 saturated carbocycles. The highest BCUT2D eigenvalue weighted by Gasteiger charge is 2.33. The summed E-state index contributed by atoms with van der Waals surface area (Å²) in [6.45, 7) is 1.85. The molecule has 1 amide bonds. The molecule has 1 aliphatic rings. The highest BCUT2D eigenvalue weighted by atomic mass is 35.5. The fourth-order valence-electron chi connectivity index (χ4n) is 4.01. The van der Waals surface area contributed by atoms with Crippen molar-refractivity contribution in [2.45, 2.75) is 31.1 Å². The topological polar surface area (TPSA) is 114 Å². The van der Waals surface area contributed by atoms with Gasteiger partial charge in [-0.2, -0.15) is 8.42 Å². The molecule has 33 heavy (non-hydrogen) atoms. The van der Waals surface area contributed by atoms with Crippen molar-refractivity contribution >= 4 is 38.6 Å². The van der Waals surface area contributed by atoms with Crippen molar-refractivity contribution in [3.8, 4) is 16.9 Å². The van der Waals surface area contributed by atoms with Gasteiger partial charge in [-0.1, -0.05) is 29.8 Å². The number of likely N-dealkylation sites (tertiary alicyclic amines) is 1. The van der Waals surface area contributed by atoms with E-state index in [2.05, 4.69) is 0 Å². The Morgan fingerprint density at radius 3 is 2.70 bits per heavy atom. The van der Waals surface area contributed by atoms with Crippen molar-refractivity contribution in [3.05, 3.63) is 64.0 Å². The van der Waals surface area contributed by atoms with E-state index < -0.39 is 33.0 Å². The van der Waals surface area contributed by atoms with Gasteiger partial charge in [-0.15, -0.1) is 0 Å². The summed E-state index contributed by atoms with van der Waals surface area (Å²) < 4.78 is 43.4. The number of carbonyl (C=O) groups excluding carboxylic acids is 1. The zero-order valence-corrected chi connectivity index (χ0v) is 19.3. The Morgan fingerprint density at radius 2 is 1.97 bits per heavy atom. The van der Waals surface area contributed by atoms with Crippen molar-refractivity contribution in [3.63, 3.8) is 0 Å². The van der Waals surface area contributed by atoms with Gasteiger partial charge in [0.25, 0.3) is 16.0 Å². The van der Waals surface area contributed by atoms with Gasteiger partial charge in [0.05, 0.1) is 0 Å². The molecular weight excluding hydrogens is 470 g/mol. The van der Waals surface area contributed by atoms with Crippen molar-refractivity contribution in [1.82, 2.24) is 4.90 Å². The largest absolute Gasteiger partial charge is 0.481 e. The second-order valence-corrected chi connectivity index (χ2v) is 10.0. The van der Waals surface area contributed by atoms with Crippen LogP contribution in [0.15, 0.2) is 57.7 Å². The molecule has 1 N–H and O–H groups in total. The summed E-state index contributed by atoms with van der Waals surface area (Å²) in [5.41, 5.74) is 1.03. The van der Waals surface area contributed by atoms with Crippen LogP contribution in [-0.4, -0.2) is 48.2 Å². The highest BCUT2D eigenvalue weighted by Crippen LogP contribution is 2.34. The minimum atomic E-state index is -4.22. The number of amides is 1. The Kier molecular flexibility index (Phi) is 6.47. The van der Waals surface area contributed by atoms with E-state index in [1.54, 1.807) is 37.3 Å². The molecule has 2 atom stereocenters. The molecule has 1 saturated heterocycles. The molecule has 2 unspecified atom stereocenters. The lowest BCUT2D eigenvalue weighted by atomic mass is 10.0. The molecule has 2 heterocycles. The molecule has 0 radical (unpaired) electrons. The number of carbonyl (C=O) groups is 1. The summed E-state index contributed by atoms with van der Waals surface area (Å²) in [6.07, 6.45) is -0.148. The zero-order chi connectivity index (χ0) is 23.8. The molecule has 4 rings (SSSR count). The van der Waals surface area contributed by atoms with Crippen molar-refractivity contribution < 1.29 is 26.9 Å². The van der Waals surface area contributed by atoms with E-state index in [-0.39, 0.29) is 12.1 Å². The first-order valence-electron chi connectivity index (χ1n) is 10.4. The normalized spacial score (nSPS) is 17.7. The van der Waals surface area contributed by atoms with E-state index >= 15 is 0 Å². The van der Waals surface area contributed by atoms with Crippen LogP contribution in [0.2, 0.25) is 5.02 Å². The molecule has 0 spiro atoms. The van der Waals surface area contributed by atoms with Gasteiger partial charge >= 0.3 is 5.63 Å². The molecule has 0 aliphatic carbocycles. The third kappa shape index (κ3) is 5.05. The number of hydrogen-bond acceptors (Lipinski definition) is 6. The molecule has 1 aliphatic heterocycles. The van der Waals surface area contributed by atoms with Crippen LogP contribution in [0.4, 0.5) is 0 Å². The molecule has 2 aromatic carbocycles. The minimum absolute atomic E-state index is 0.0842. The van der Waals surface area contributed by atoms with Gasteiger partial charge in [-0.25, -0.2) is 4.79 Å². The standard InChI is InChI=1S/C23H22ClNO7S/c1-14(23(27)25-10-4-5-16(13-25)33(28,29)30)31-15-8-9-18-19(12-22(26)32-21(18)11-15)17-6-2-3-7-20(17)24/h2-3,6-9,11-12,14,16H,4-5,10,13H2,1H3,(H,28,29,30). The van der Waals surface area contributed by atoms with Gasteiger partial charge in [0, 0.05) is 46.8 Å². The molecule has 10 heteroatoms. The maximum absolute atomic E-state index is 12.8. The van der Waals surface area contributed by atoms with Crippen molar-refractivity contribution in [2.24, 2.45) is 0 Å². The van der Waals surface area contributed by atoms with Crippen LogP contribution >= 0.6 is 11.6 Å². The maximum Gasteiger partial charge on any atom is 0.336 e. The van der Waals surface area contributed by atoms with Crippen LogP contribution in [0.25, 0.3) is 22.1 Å². The number of halogens is 1. The Labute approximate surface area is 195 Å². The summed E-state index contributed by atoms with van der Waals surface area (Å²) in [5, 5.41) is 0.148. The van der Waals surface area contributed by atoms with E-state index in [1.165, 1.54) is 17.0 Å². The molecule has 8 nitrogen and oxygen atoms in total. The van der Waals surface area contributed by atoms with E-state index in [4.69, 9.17) is 20.8 Å². The number of nitrogens with zero attached hydrogens (tertiary/aromatic N) is 1. The molecule has 174 valence electrons. The first-order valence-corrected chi connectivity index (χ1v) is 12.3. The fraction of sp³-hybridized carbons (Fsp3) is 0.304. The summed E-state index contributed by atoms with van der Waals surface area (Å²) in [7, 11) is -4.22. The van der Waals surface area contributed by atoms with Gasteiger partial charge in [-0.05, 0) is 38.0 Å². The second kappa shape index (κ2) is 9.17. The van der Waals surface area contributed by atoms with E-state index in [0.29, 0.717) is 46.7 Å². The number of piperidine rings is 1. The van der Waals surface area contributed by atoms with Crippen LogP contribution in [0.1, 0.15) is 19.8 Å². The predicted molar refractivity (Wildman–Crippen MR) is 124 cm³/mol.